The smallest absolute Gasteiger partial charge is 0.226 e. The number of likely N-dealkylation sites (tertiary alicyclic amines) is 1. The van der Waals surface area contributed by atoms with E-state index < -0.39 is 0 Å². The molecule has 2 aliphatic heterocycles. The van der Waals surface area contributed by atoms with Crippen molar-refractivity contribution in [3.63, 3.8) is 0 Å². The lowest BCUT2D eigenvalue weighted by Crippen LogP contribution is -2.67. The highest BCUT2D eigenvalue weighted by molar-refractivity contribution is 5.82. The second kappa shape index (κ2) is 5.79. The van der Waals surface area contributed by atoms with E-state index in [4.69, 9.17) is 9.47 Å². The standard InChI is InChI=1S/C18H29NO3/c1-13-8-16(13)17(20)19-11-18(12-19)15(6-7-22-18)10-21-9-14-4-2-3-5-14/h13-16H,2-12H2,1H3. The van der Waals surface area contributed by atoms with Crippen LogP contribution in [0.3, 0.4) is 0 Å². The van der Waals surface area contributed by atoms with E-state index in [-0.39, 0.29) is 5.60 Å². The van der Waals surface area contributed by atoms with Gasteiger partial charge in [-0.25, -0.2) is 0 Å². The second-order valence-electron chi connectivity index (χ2n) is 8.10. The summed E-state index contributed by atoms with van der Waals surface area (Å²) in [5.41, 5.74) is -0.0799. The number of carbonyl (C=O) groups excluding carboxylic acids is 1. The zero-order valence-electron chi connectivity index (χ0n) is 13.8. The highest BCUT2D eigenvalue weighted by Gasteiger charge is 2.56. The Kier molecular flexibility index (Phi) is 3.93. The molecule has 4 nitrogen and oxygen atoms in total. The van der Waals surface area contributed by atoms with Gasteiger partial charge in [-0.1, -0.05) is 19.8 Å². The van der Waals surface area contributed by atoms with E-state index in [9.17, 15) is 4.79 Å². The van der Waals surface area contributed by atoms with Crippen LogP contribution in [0.5, 0.6) is 0 Å². The summed E-state index contributed by atoms with van der Waals surface area (Å²) in [6.45, 7) is 6.34. The van der Waals surface area contributed by atoms with Gasteiger partial charge < -0.3 is 14.4 Å². The van der Waals surface area contributed by atoms with Gasteiger partial charge in [-0.2, -0.15) is 0 Å². The maximum Gasteiger partial charge on any atom is 0.226 e. The lowest BCUT2D eigenvalue weighted by Gasteiger charge is -2.50. The minimum absolute atomic E-state index is 0.0799. The number of hydrogen-bond donors (Lipinski definition) is 0. The molecule has 124 valence electrons. The van der Waals surface area contributed by atoms with Crippen molar-refractivity contribution in [2.45, 2.75) is 51.0 Å². The molecule has 3 unspecified atom stereocenters. The molecule has 2 saturated heterocycles. The van der Waals surface area contributed by atoms with Gasteiger partial charge in [-0.15, -0.1) is 0 Å². The Hall–Kier alpha value is -0.610. The number of nitrogens with zero attached hydrogens (tertiary/aromatic N) is 1. The third-order valence-electron chi connectivity index (χ3n) is 6.40. The van der Waals surface area contributed by atoms with Gasteiger partial charge >= 0.3 is 0 Å². The molecule has 1 amide bonds. The molecule has 4 aliphatic rings. The maximum absolute atomic E-state index is 12.3. The van der Waals surface area contributed by atoms with Crippen LogP contribution in [0.2, 0.25) is 0 Å². The molecule has 0 aromatic rings. The number of hydrogen-bond acceptors (Lipinski definition) is 3. The molecule has 1 spiro atoms. The van der Waals surface area contributed by atoms with Crippen LogP contribution in [0.1, 0.15) is 45.4 Å². The van der Waals surface area contributed by atoms with Crippen molar-refractivity contribution in [1.82, 2.24) is 4.90 Å². The minimum Gasteiger partial charge on any atom is -0.381 e. The lowest BCUT2D eigenvalue weighted by molar-refractivity contribution is -0.170. The molecule has 0 aromatic carbocycles. The first-order chi connectivity index (χ1) is 10.7. The Morgan fingerprint density at radius 1 is 1.23 bits per heavy atom. The van der Waals surface area contributed by atoms with Crippen molar-refractivity contribution in [2.24, 2.45) is 23.7 Å². The molecule has 0 radical (unpaired) electrons. The summed E-state index contributed by atoms with van der Waals surface area (Å²) in [6, 6.07) is 0. The maximum atomic E-state index is 12.3. The fourth-order valence-electron chi connectivity index (χ4n) is 4.58. The Morgan fingerprint density at radius 2 is 1.95 bits per heavy atom. The first kappa shape index (κ1) is 14.9. The van der Waals surface area contributed by atoms with Crippen LogP contribution in [0.4, 0.5) is 0 Å². The van der Waals surface area contributed by atoms with Gasteiger partial charge in [0, 0.05) is 25.0 Å². The first-order valence-electron chi connectivity index (χ1n) is 9.18. The summed E-state index contributed by atoms with van der Waals surface area (Å²) in [7, 11) is 0. The van der Waals surface area contributed by atoms with Gasteiger partial charge in [0.25, 0.3) is 0 Å². The van der Waals surface area contributed by atoms with Crippen LogP contribution in [0.15, 0.2) is 0 Å². The zero-order valence-corrected chi connectivity index (χ0v) is 13.8. The van der Waals surface area contributed by atoms with Crippen LogP contribution < -0.4 is 0 Å². The predicted octanol–water partition coefficient (Wildman–Crippen LogP) is 2.47. The lowest BCUT2D eigenvalue weighted by atomic mass is 9.81. The van der Waals surface area contributed by atoms with Crippen LogP contribution in [-0.4, -0.2) is 49.3 Å². The first-order valence-corrected chi connectivity index (χ1v) is 9.18. The van der Waals surface area contributed by atoms with E-state index in [0.717, 1.165) is 51.7 Å². The van der Waals surface area contributed by atoms with Crippen molar-refractivity contribution in [3.8, 4) is 0 Å². The minimum atomic E-state index is -0.0799. The molecule has 2 aliphatic carbocycles. The molecule has 4 heteroatoms. The van der Waals surface area contributed by atoms with Crippen molar-refractivity contribution in [2.75, 3.05) is 32.9 Å². The van der Waals surface area contributed by atoms with Crippen molar-refractivity contribution in [3.05, 3.63) is 0 Å². The number of carbonyl (C=O) groups is 1. The predicted molar refractivity (Wildman–Crippen MR) is 83.4 cm³/mol. The van der Waals surface area contributed by atoms with Crippen LogP contribution in [0, 0.1) is 23.7 Å². The molecule has 2 saturated carbocycles. The van der Waals surface area contributed by atoms with Crippen molar-refractivity contribution >= 4 is 5.91 Å². The van der Waals surface area contributed by atoms with Gasteiger partial charge in [0.05, 0.1) is 19.7 Å². The van der Waals surface area contributed by atoms with Gasteiger partial charge in [-0.05, 0) is 37.5 Å². The number of amides is 1. The fraction of sp³-hybridized carbons (Fsp3) is 0.944. The molecule has 0 aromatic heterocycles. The quantitative estimate of drug-likeness (QED) is 0.783. The van der Waals surface area contributed by atoms with E-state index in [1.165, 1.54) is 25.7 Å². The van der Waals surface area contributed by atoms with Crippen LogP contribution in [-0.2, 0) is 14.3 Å². The molecule has 0 bridgehead atoms. The van der Waals surface area contributed by atoms with E-state index in [1.807, 2.05) is 4.90 Å². The van der Waals surface area contributed by atoms with Crippen LogP contribution in [0.25, 0.3) is 0 Å². The molecule has 3 atom stereocenters. The summed E-state index contributed by atoms with van der Waals surface area (Å²) >= 11 is 0. The highest BCUT2D eigenvalue weighted by Crippen LogP contribution is 2.45. The van der Waals surface area contributed by atoms with E-state index in [1.54, 1.807) is 0 Å². The van der Waals surface area contributed by atoms with Crippen molar-refractivity contribution < 1.29 is 14.3 Å². The molecule has 2 heterocycles. The van der Waals surface area contributed by atoms with Crippen LogP contribution >= 0.6 is 0 Å². The SMILES string of the molecule is CC1CC1C(=O)N1CC2(C1)OCCC2COCC1CCCC1. The zero-order chi connectivity index (χ0) is 15.2. The molecular formula is C18H29NO3. The average molecular weight is 307 g/mol. The fourth-order valence-corrected chi connectivity index (χ4v) is 4.58. The Labute approximate surface area is 133 Å². The summed E-state index contributed by atoms with van der Waals surface area (Å²) in [5.74, 6) is 2.53. The van der Waals surface area contributed by atoms with E-state index in [0.29, 0.717) is 23.7 Å². The second-order valence-corrected chi connectivity index (χ2v) is 8.10. The monoisotopic (exact) mass is 307 g/mol. The average Bonchev–Trinajstić information content (AvgIpc) is 2.91. The molecule has 0 N–H and O–H groups in total. The Bertz CT molecular complexity index is 426. The van der Waals surface area contributed by atoms with Gasteiger partial charge in [-0.3, -0.25) is 4.79 Å². The molecule has 22 heavy (non-hydrogen) atoms. The summed E-state index contributed by atoms with van der Waals surface area (Å²) < 4.78 is 12.1. The van der Waals surface area contributed by atoms with Gasteiger partial charge in [0.15, 0.2) is 0 Å². The van der Waals surface area contributed by atoms with Crippen molar-refractivity contribution in [1.29, 1.82) is 0 Å². The molecular weight excluding hydrogens is 278 g/mol. The number of rotatable bonds is 5. The van der Waals surface area contributed by atoms with E-state index in [2.05, 4.69) is 6.92 Å². The Balaban J connectivity index is 1.24. The van der Waals surface area contributed by atoms with Gasteiger partial charge in [0.2, 0.25) is 5.91 Å². The molecule has 4 fully saturated rings. The summed E-state index contributed by atoms with van der Waals surface area (Å²) in [5, 5.41) is 0. The highest BCUT2D eigenvalue weighted by atomic mass is 16.5. The Morgan fingerprint density at radius 3 is 2.64 bits per heavy atom. The summed E-state index contributed by atoms with van der Waals surface area (Å²) in [4.78, 5) is 14.3. The van der Waals surface area contributed by atoms with Gasteiger partial charge in [0.1, 0.15) is 5.60 Å². The van der Waals surface area contributed by atoms with E-state index >= 15 is 0 Å². The molecule has 4 rings (SSSR count). The third-order valence-corrected chi connectivity index (χ3v) is 6.40. The normalized spacial score (nSPS) is 36.8. The largest absolute Gasteiger partial charge is 0.381 e. The number of ether oxygens (including phenoxy) is 2. The topological polar surface area (TPSA) is 38.8 Å². The summed E-state index contributed by atoms with van der Waals surface area (Å²) in [6.07, 6.45) is 7.61. The third kappa shape index (κ3) is 2.69.